The second kappa shape index (κ2) is 7.64. The van der Waals surface area contributed by atoms with E-state index in [-0.39, 0.29) is 0 Å². The van der Waals surface area contributed by atoms with E-state index < -0.39 is 0 Å². The van der Waals surface area contributed by atoms with Crippen LogP contribution in [0.3, 0.4) is 0 Å². The van der Waals surface area contributed by atoms with Crippen molar-refractivity contribution in [1.82, 2.24) is 19.7 Å². The van der Waals surface area contributed by atoms with Gasteiger partial charge in [-0.05, 0) is 43.6 Å². The molecular weight excluding hydrogens is 348 g/mol. The van der Waals surface area contributed by atoms with E-state index in [4.69, 9.17) is 16.3 Å². The van der Waals surface area contributed by atoms with Crippen LogP contribution in [0.25, 0.3) is 10.9 Å². The summed E-state index contributed by atoms with van der Waals surface area (Å²) in [4.78, 5) is 2.55. The summed E-state index contributed by atoms with van der Waals surface area (Å²) in [5, 5.41) is 9.52. The van der Waals surface area contributed by atoms with E-state index in [1.807, 2.05) is 0 Å². The average molecular weight is 371 g/mol. The standard InChI is InChI=1S/C20H23ClN4O/c1-24-17-8-4-3-7-15(17)16(13-25-11-5-2-6-12-25)18(24)14-26-20-10-9-19(21)22-23-20/h3-4,7-10H,2,5-6,11-14H2,1H3. The number of aryl methyl sites for hydroxylation is 1. The van der Waals surface area contributed by atoms with Gasteiger partial charge in [0.2, 0.25) is 5.88 Å². The lowest BCUT2D eigenvalue weighted by Crippen LogP contribution is -2.29. The number of rotatable bonds is 5. The molecule has 0 amide bonds. The zero-order chi connectivity index (χ0) is 17.9. The Bertz CT molecular complexity index is 885. The third-order valence-electron chi connectivity index (χ3n) is 5.14. The minimum Gasteiger partial charge on any atom is -0.470 e. The van der Waals surface area contributed by atoms with Crippen LogP contribution in [0.2, 0.25) is 5.15 Å². The SMILES string of the molecule is Cn1c(COc2ccc(Cl)nn2)c(CN2CCCCC2)c2ccccc21. The number of nitrogens with zero attached hydrogens (tertiary/aromatic N) is 4. The van der Waals surface area contributed by atoms with Crippen LogP contribution in [0, 0.1) is 0 Å². The fraction of sp³-hybridized carbons (Fsp3) is 0.400. The molecule has 0 atom stereocenters. The van der Waals surface area contributed by atoms with E-state index in [9.17, 15) is 0 Å². The van der Waals surface area contributed by atoms with E-state index in [2.05, 4.69) is 51.0 Å². The first kappa shape index (κ1) is 17.3. The first-order chi connectivity index (χ1) is 12.7. The Kier molecular flexibility index (Phi) is 5.09. The van der Waals surface area contributed by atoms with Gasteiger partial charge in [0.15, 0.2) is 5.15 Å². The van der Waals surface area contributed by atoms with Crippen molar-refractivity contribution in [2.24, 2.45) is 7.05 Å². The number of hydrogen-bond donors (Lipinski definition) is 0. The van der Waals surface area contributed by atoms with Crippen LogP contribution in [-0.4, -0.2) is 32.8 Å². The highest BCUT2D eigenvalue weighted by atomic mass is 35.5. The predicted octanol–water partition coefficient (Wildman–Crippen LogP) is 4.19. The van der Waals surface area contributed by atoms with Crippen molar-refractivity contribution in [2.75, 3.05) is 13.1 Å². The highest BCUT2D eigenvalue weighted by molar-refractivity contribution is 6.29. The third-order valence-corrected chi connectivity index (χ3v) is 5.34. The molecule has 1 saturated heterocycles. The lowest BCUT2D eigenvalue weighted by Gasteiger charge is -2.26. The van der Waals surface area contributed by atoms with Crippen molar-refractivity contribution in [3.8, 4) is 5.88 Å². The van der Waals surface area contributed by atoms with Gasteiger partial charge in [0.1, 0.15) is 6.61 Å². The third kappa shape index (κ3) is 3.55. The molecule has 1 aromatic carbocycles. The fourth-order valence-electron chi connectivity index (χ4n) is 3.75. The molecule has 6 heteroatoms. The monoisotopic (exact) mass is 370 g/mol. The Labute approximate surface area is 158 Å². The van der Waals surface area contributed by atoms with E-state index in [0.717, 1.165) is 6.54 Å². The van der Waals surface area contributed by atoms with Gasteiger partial charge in [-0.25, -0.2) is 0 Å². The van der Waals surface area contributed by atoms with Gasteiger partial charge in [-0.15, -0.1) is 10.2 Å². The summed E-state index contributed by atoms with van der Waals surface area (Å²) in [7, 11) is 2.11. The molecule has 3 heterocycles. The highest BCUT2D eigenvalue weighted by Crippen LogP contribution is 2.28. The lowest BCUT2D eigenvalue weighted by atomic mass is 10.1. The van der Waals surface area contributed by atoms with Crippen molar-refractivity contribution < 1.29 is 4.74 Å². The molecule has 0 aliphatic carbocycles. The summed E-state index contributed by atoms with van der Waals surface area (Å²) in [5.41, 5.74) is 3.78. The fourth-order valence-corrected chi connectivity index (χ4v) is 3.85. The topological polar surface area (TPSA) is 43.2 Å². The van der Waals surface area contributed by atoms with Crippen molar-refractivity contribution in [1.29, 1.82) is 0 Å². The van der Waals surface area contributed by atoms with Gasteiger partial charge < -0.3 is 9.30 Å². The normalized spacial score (nSPS) is 15.5. The Morgan fingerprint density at radius 2 is 1.85 bits per heavy atom. The van der Waals surface area contributed by atoms with E-state index in [1.54, 1.807) is 12.1 Å². The van der Waals surface area contributed by atoms with Crippen LogP contribution in [0.15, 0.2) is 36.4 Å². The van der Waals surface area contributed by atoms with Gasteiger partial charge in [-0.1, -0.05) is 36.2 Å². The van der Waals surface area contributed by atoms with Gasteiger partial charge in [0, 0.05) is 30.6 Å². The molecule has 5 nitrogen and oxygen atoms in total. The number of para-hydroxylation sites is 1. The predicted molar refractivity (Wildman–Crippen MR) is 103 cm³/mol. The van der Waals surface area contributed by atoms with E-state index >= 15 is 0 Å². The molecule has 4 rings (SSSR count). The van der Waals surface area contributed by atoms with E-state index in [0.29, 0.717) is 17.6 Å². The Balaban J connectivity index is 1.64. The number of piperidine rings is 1. The van der Waals surface area contributed by atoms with Crippen molar-refractivity contribution in [3.05, 3.63) is 52.8 Å². The molecule has 2 aromatic heterocycles. The van der Waals surface area contributed by atoms with Crippen LogP contribution >= 0.6 is 11.6 Å². The van der Waals surface area contributed by atoms with Crippen LogP contribution in [0.1, 0.15) is 30.5 Å². The van der Waals surface area contributed by atoms with Crippen LogP contribution in [0.5, 0.6) is 5.88 Å². The molecule has 0 saturated carbocycles. The van der Waals surface area contributed by atoms with Crippen molar-refractivity contribution in [2.45, 2.75) is 32.4 Å². The molecule has 26 heavy (non-hydrogen) atoms. The molecule has 0 N–H and O–H groups in total. The molecule has 136 valence electrons. The average Bonchev–Trinajstić information content (AvgIpc) is 2.94. The molecule has 1 aliphatic rings. The minimum absolute atomic E-state index is 0.368. The quantitative estimate of drug-likeness (QED) is 0.675. The summed E-state index contributed by atoms with van der Waals surface area (Å²) >= 11 is 5.80. The number of fused-ring (bicyclic) bond motifs is 1. The second-order valence-electron chi connectivity index (χ2n) is 6.82. The molecule has 1 aliphatic heterocycles. The number of benzene rings is 1. The Morgan fingerprint density at radius 1 is 1.04 bits per heavy atom. The van der Waals surface area contributed by atoms with Gasteiger partial charge >= 0.3 is 0 Å². The molecular formula is C20H23ClN4O. The zero-order valence-corrected chi connectivity index (χ0v) is 15.7. The largest absolute Gasteiger partial charge is 0.470 e. The van der Waals surface area contributed by atoms with Gasteiger partial charge in [0.25, 0.3) is 0 Å². The van der Waals surface area contributed by atoms with Crippen LogP contribution in [0.4, 0.5) is 0 Å². The van der Waals surface area contributed by atoms with Crippen molar-refractivity contribution >= 4 is 22.5 Å². The molecule has 0 bridgehead atoms. The minimum atomic E-state index is 0.368. The maximum Gasteiger partial charge on any atom is 0.233 e. The van der Waals surface area contributed by atoms with Gasteiger partial charge in [-0.2, -0.15) is 0 Å². The maximum absolute atomic E-state index is 5.92. The van der Waals surface area contributed by atoms with E-state index in [1.165, 1.54) is 54.5 Å². The number of likely N-dealkylation sites (tertiary alicyclic amines) is 1. The maximum atomic E-state index is 5.92. The molecule has 0 spiro atoms. The summed E-state index contributed by atoms with van der Waals surface area (Å²) < 4.78 is 8.15. The lowest BCUT2D eigenvalue weighted by molar-refractivity contribution is 0.218. The summed E-state index contributed by atoms with van der Waals surface area (Å²) in [6, 6.07) is 12.0. The summed E-state index contributed by atoms with van der Waals surface area (Å²) in [6.45, 7) is 3.77. The first-order valence-corrected chi connectivity index (χ1v) is 9.50. The molecule has 0 unspecified atom stereocenters. The smallest absolute Gasteiger partial charge is 0.233 e. The number of aromatic nitrogens is 3. The van der Waals surface area contributed by atoms with Crippen LogP contribution in [-0.2, 0) is 20.2 Å². The van der Waals surface area contributed by atoms with Crippen LogP contribution < -0.4 is 4.74 Å². The van der Waals surface area contributed by atoms with Gasteiger partial charge in [-0.3, -0.25) is 4.90 Å². The first-order valence-electron chi connectivity index (χ1n) is 9.12. The molecule has 3 aromatic rings. The molecule has 0 radical (unpaired) electrons. The zero-order valence-electron chi connectivity index (χ0n) is 15.0. The Morgan fingerprint density at radius 3 is 2.62 bits per heavy atom. The highest BCUT2D eigenvalue weighted by Gasteiger charge is 2.19. The summed E-state index contributed by atoms with van der Waals surface area (Å²) in [5.74, 6) is 0.489. The molecule has 1 fully saturated rings. The van der Waals surface area contributed by atoms with Gasteiger partial charge in [0.05, 0.1) is 5.69 Å². The number of ether oxygens (including phenoxy) is 1. The Hall–Kier alpha value is -2.11. The number of hydrogen-bond acceptors (Lipinski definition) is 4. The summed E-state index contributed by atoms with van der Waals surface area (Å²) in [6.07, 6.45) is 3.92. The number of halogens is 1. The van der Waals surface area contributed by atoms with Crippen molar-refractivity contribution in [3.63, 3.8) is 0 Å². The second-order valence-corrected chi connectivity index (χ2v) is 7.21.